The highest BCUT2D eigenvalue weighted by Crippen LogP contribution is 2.21. The Labute approximate surface area is 162 Å². The summed E-state index contributed by atoms with van der Waals surface area (Å²) in [5.74, 6) is 1.52. The Morgan fingerprint density at radius 1 is 1.26 bits per heavy atom. The largest absolute Gasteiger partial charge is 0.497 e. The van der Waals surface area contributed by atoms with Gasteiger partial charge in [0, 0.05) is 23.4 Å². The van der Waals surface area contributed by atoms with Crippen LogP contribution in [0, 0.1) is 0 Å². The van der Waals surface area contributed by atoms with Crippen molar-refractivity contribution in [3.05, 3.63) is 65.0 Å². The summed E-state index contributed by atoms with van der Waals surface area (Å²) < 4.78 is 10.4. The average Bonchev–Trinajstić information content (AvgIpc) is 3.16. The Kier molecular flexibility index (Phi) is 6.08. The molecule has 0 spiro atoms. The Balaban J connectivity index is 1.54. The summed E-state index contributed by atoms with van der Waals surface area (Å²) in [7, 11) is 1.60. The average molecular weight is 386 g/mol. The van der Waals surface area contributed by atoms with Crippen LogP contribution in [0.3, 0.4) is 0 Å². The van der Waals surface area contributed by atoms with Crippen molar-refractivity contribution < 1.29 is 14.1 Å². The van der Waals surface area contributed by atoms with Gasteiger partial charge < -0.3 is 14.6 Å². The number of benzene rings is 2. The van der Waals surface area contributed by atoms with E-state index in [1.54, 1.807) is 19.2 Å². The van der Waals surface area contributed by atoms with Crippen LogP contribution in [0.25, 0.3) is 11.4 Å². The van der Waals surface area contributed by atoms with Gasteiger partial charge in [-0.3, -0.25) is 4.79 Å². The highest BCUT2D eigenvalue weighted by molar-refractivity contribution is 6.30. The Bertz CT molecular complexity index is 909. The number of carbonyl (C=O) groups excluding carboxylic acids is 1. The number of aryl methyl sites for hydroxylation is 1. The molecule has 1 heterocycles. The number of hydrogen-bond donors (Lipinski definition) is 1. The highest BCUT2D eigenvalue weighted by atomic mass is 35.5. The Hall–Kier alpha value is -2.86. The zero-order valence-corrected chi connectivity index (χ0v) is 15.9. The zero-order valence-electron chi connectivity index (χ0n) is 15.1. The third-order valence-corrected chi connectivity index (χ3v) is 4.36. The topological polar surface area (TPSA) is 77.2 Å². The second-order valence-corrected chi connectivity index (χ2v) is 6.52. The van der Waals surface area contributed by atoms with E-state index in [-0.39, 0.29) is 18.4 Å². The van der Waals surface area contributed by atoms with Crippen LogP contribution in [-0.4, -0.2) is 23.2 Å². The van der Waals surface area contributed by atoms with Gasteiger partial charge in [0.05, 0.1) is 13.2 Å². The highest BCUT2D eigenvalue weighted by Gasteiger charge is 2.13. The van der Waals surface area contributed by atoms with E-state index >= 15 is 0 Å². The van der Waals surface area contributed by atoms with Gasteiger partial charge in [0.1, 0.15) is 5.75 Å². The maximum Gasteiger partial charge on any atom is 0.227 e. The fraction of sp³-hybridized carbons (Fsp3) is 0.250. The molecule has 0 bridgehead atoms. The van der Waals surface area contributed by atoms with Crippen molar-refractivity contribution in [3.8, 4) is 17.1 Å². The molecule has 1 unspecified atom stereocenters. The number of nitrogens with zero attached hydrogens (tertiary/aromatic N) is 2. The van der Waals surface area contributed by atoms with Gasteiger partial charge in [0.15, 0.2) is 0 Å². The van der Waals surface area contributed by atoms with Crippen LogP contribution in [0.5, 0.6) is 5.75 Å². The molecule has 2 aromatic carbocycles. The summed E-state index contributed by atoms with van der Waals surface area (Å²) in [5.41, 5.74) is 1.79. The van der Waals surface area contributed by atoms with E-state index in [4.69, 9.17) is 20.9 Å². The molecule has 3 aromatic rings. The van der Waals surface area contributed by atoms with Gasteiger partial charge in [-0.15, -0.1) is 0 Å². The number of ether oxygens (including phenoxy) is 1. The summed E-state index contributed by atoms with van der Waals surface area (Å²) >= 11 is 5.89. The van der Waals surface area contributed by atoms with E-state index in [1.165, 1.54) is 0 Å². The van der Waals surface area contributed by atoms with Gasteiger partial charge in [-0.05, 0) is 36.8 Å². The molecule has 0 fully saturated rings. The van der Waals surface area contributed by atoms with E-state index in [1.807, 2.05) is 43.3 Å². The molecular formula is C20H20ClN3O3. The van der Waals surface area contributed by atoms with Gasteiger partial charge >= 0.3 is 0 Å². The number of halogens is 1. The maximum absolute atomic E-state index is 12.2. The van der Waals surface area contributed by atoms with E-state index in [0.717, 1.165) is 16.9 Å². The minimum Gasteiger partial charge on any atom is -0.497 e. The minimum absolute atomic E-state index is 0.0846. The standard InChI is InChI=1S/C20H20ClN3O3/c1-13(14-6-8-16(21)9-7-14)22-18(25)10-11-19-23-20(24-27-19)15-4-3-5-17(12-15)26-2/h3-9,12-13H,10-11H2,1-2H3,(H,22,25). The molecule has 0 saturated heterocycles. The lowest BCUT2D eigenvalue weighted by atomic mass is 10.1. The summed E-state index contributed by atoms with van der Waals surface area (Å²) in [6.45, 7) is 1.93. The van der Waals surface area contributed by atoms with Crippen LogP contribution in [-0.2, 0) is 11.2 Å². The van der Waals surface area contributed by atoms with Crippen LogP contribution < -0.4 is 10.1 Å². The van der Waals surface area contributed by atoms with E-state index in [9.17, 15) is 4.79 Å². The van der Waals surface area contributed by atoms with Crippen LogP contribution in [0.4, 0.5) is 0 Å². The van der Waals surface area contributed by atoms with E-state index < -0.39 is 0 Å². The second-order valence-electron chi connectivity index (χ2n) is 6.08. The van der Waals surface area contributed by atoms with Crippen molar-refractivity contribution in [2.45, 2.75) is 25.8 Å². The third-order valence-electron chi connectivity index (χ3n) is 4.11. The molecule has 140 valence electrons. The monoisotopic (exact) mass is 385 g/mol. The van der Waals surface area contributed by atoms with Crippen LogP contribution in [0.15, 0.2) is 53.1 Å². The van der Waals surface area contributed by atoms with Gasteiger partial charge in [0.25, 0.3) is 0 Å². The summed E-state index contributed by atoms with van der Waals surface area (Å²) in [5, 5.41) is 7.59. The molecule has 3 rings (SSSR count). The van der Waals surface area contributed by atoms with Crippen molar-refractivity contribution in [2.75, 3.05) is 7.11 Å². The molecule has 0 aliphatic heterocycles. The van der Waals surface area contributed by atoms with Crippen molar-refractivity contribution in [1.29, 1.82) is 0 Å². The number of carbonyl (C=O) groups is 1. The molecule has 0 aliphatic rings. The van der Waals surface area contributed by atoms with Crippen molar-refractivity contribution in [3.63, 3.8) is 0 Å². The lowest BCUT2D eigenvalue weighted by Crippen LogP contribution is -2.26. The summed E-state index contributed by atoms with van der Waals surface area (Å²) in [6.07, 6.45) is 0.633. The van der Waals surface area contributed by atoms with Crippen LogP contribution in [0.1, 0.15) is 30.8 Å². The first-order valence-corrected chi connectivity index (χ1v) is 8.95. The lowest BCUT2D eigenvalue weighted by molar-refractivity contribution is -0.121. The molecule has 6 nitrogen and oxygen atoms in total. The predicted octanol–water partition coefficient (Wildman–Crippen LogP) is 4.21. The number of nitrogens with one attached hydrogen (secondary N) is 1. The third kappa shape index (κ3) is 5.08. The number of methoxy groups -OCH3 is 1. The van der Waals surface area contributed by atoms with Gasteiger partial charge in [-0.2, -0.15) is 4.98 Å². The molecule has 1 N–H and O–H groups in total. The Morgan fingerprint density at radius 2 is 2.04 bits per heavy atom. The van der Waals surface area contributed by atoms with Gasteiger partial charge in [0.2, 0.25) is 17.6 Å². The van der Waals surface area contributed by atoms with E-state index in [2.05, 4.69) is 15.5 Å². The lowest BCUT2D eigenvalue weighted by Gasteiger charge is -2.14. The normalized spacial score (nSPS) is 11.8. The van der Waals surface area contributed by atoms with Crippen LogP contribution in [0.2, 0.25) is 5.02 Å². The first kappa shape index (κ1) is 18.9. The molecule has 0 radical (unpaired) electrons. The molecule has 7 heteroatoms. The SMILES string of the molecule is COc1cccc(-c2noc(CCC(=O)NC(C)c3ccc(Cl)cc3)n2)c1. The van der Waals surface area contributed by atoms with E-state index in [0.29, 0.717) is 23.2 Å². The first-order valence-electron chi connectivity index (χ1n) is 8.57. The number of amides is 1. The summed E-state index contributed by atoms with van der Waals surface area (Å²) in [4.78, 5) is 16.5. The summed E-state index contributed by atoms with van der Waals surface area (Å²) in [6, 6.07) is 14.7. The fourth-order valence-electron chi connectivity index (χ4n) is 2.60. The molecule has 27 heavy (non-hydrogen) atoms. The van der Waals surface area contributed by atoms with Crippen molar-refractivity contribution in [2.24, 2.45) is 0 Å². The molecule has 0 saturated carbocycles. The van der Waals surface area contributed by atoms with Gasteiger partial charge in [-0.25, -0.2) is 0 Å². The molecule has 0 aliphatic carbocycles. The molecular weight excluding hydrogens is 366 g/mol. The second kappa shape index (κ2) is 8.68. The number of hydrogen-bond acceptors (Lipinski definition) is 5. The number of rotatable bonds is 7. The first-order chi connectivity index (χ1) is 13.0. The van der Waals surface area contributed by atoms with Crippen molar-refractivity contribution in [1.82, 2.24) is 15.5 Å². The molecule has 1 aromatic heterocycles. The Morgan fingerprint density at radius 3 is 2.78 bits per heavy atom. The predicted molar refractivity (Wildman–Crippen MR) is 103 cm³/mol. The quantitative estimate of drug-likeness (QED) is 0.659. The van der Waals surface area contributed by atoms with Gasteiger partial charge in [-0.1, -0.05) is 41.0 Å². The smallest absolute Gasteiger partial charge is 0.227 e. The van der Waals surface area contributed by atoms with Crippen molar-refractivity contribution >= 4 is 17.5 Å². The zero-order chi connectivity index (χ0) is 19.2. The molecule has 1 amide bonds. The molecule has 1 atom stereocenters. The van der Waals surface area contributed by atoms with Crippen LogP contribution >= 0.6 is 11.6 Å². The fourth-order valence-corrected chi connectivity index (χ4v) is 2.73. The maximum atomic E-state index is 12.2. The number of aromatic nitrogens is 2. The minimum atomic E-state index is -0.107.